The second kappa shape index (κ2) is 6.91. The highest BCUT2D eigenvalue weighted by Crippen LogP contribution is 2.30. The Morgan fingerprint density at radius 2 is 1.96 bits per heavy atom. The summed E-state index contributed by atoms with van der Waals surface area (Å²) in [5, 5.41) is 2.82. The molecule has 0 aromatic heterocycles. The van der Waals surface area contributed by atoms with E-state index in [-0.39, 0.29) is 17.1 Å². The topological polar surface area (TPSA) is 46.2 Å². The Morgan fingerprint density at radius 3 is 2.69 bits per heavy atom. The maximum absolute atomic E-state index is 12.7. The lowest BCUT2D eigenvalue weighted by atomic mass is 9.78. The maximum atomic E-state index is 12.7. The van der Waals surface area contributed by atoms with Gasteiger partial charge >= 0.3 is 0 Å². The van der Waals surface area contributed by atoms with Gasteiger partial charge in [-0.1, -0.05) is 62.4 Å². The molecule has 0 bridgehead atoms. The minimum Gasteiger partial charge on any atom is -0.326 e. The van der Waals surface area contributed by atoms with Crippen molar-refractivity contribution in [2.45, 2.75) is 45.4 Å². The fourth-order valence-electron chi connectivity index (χ4n) is 3.48. The molecule has 0 aliphatic carbocycles. The van der Waals surface area contributed by atoms with Gasteiger partial charge in [0.05, 0.1) is 6.42 Å². The molecule has 0 radical (unpaired) electrons. The van der Waals surface area contributed by atoms with Crippen LogP contribution in [-0.2, 0) is 27.8 Å². The number of hydrogen-bond donors (Lipinski definition) is 1. The van der Waals surface area contributed by atoms with Crippen molar-refractivity contribution in [2.75, 3.05) is 5.32 Å². The molecule has 0 unspecified atom stereocenters. The lowest BCUT2D eigenvalue weighted by molar-refractivity contribution is -0.119. The van der Waals surface area contributed by atoms with E-state index < -0.39 is 0 Å². The van der Waals surface area contributed by atoms with Gasteiger partial charge in [0.25, 0.3) is 0 Å². The number of Topliss-reactive ketones (excluding diaryl/α,β-unsaturated/α-hetero) is 1. The maximum Gasteiger partial charge on any atom is 0.228 e. The quantitative estimate of drug-likeness (QED) is 0.824. The van der Waals surface area contributed by atoms with Crippen molar-refractivity contribution < 1.29 is 9.59 Å². The largest absolute Gasteiger partial charge is 0.326 e. The lowest BCUT2D eigenvalue weighted by Gasteiger charge is -2.25. The molecule has 1 amide bonds. The van der Waals surface area contributed by atoms with Crippen LogP contribution in [0.2, 0.25) is 0 Å². The van der Waals surface area contributed by atoms with E-state index in [1.54, 1.807) is 0 Å². The number of rotatable bonds is 6. The summed E-state index contributed by atoms with van der Waals surface area (Å²) < 4.78 is 0. The number of anilines is 1. The van der Waals surface area contributed by atoms with Crippen LogP contribution in [0.5, 0.6) is 0 Å². The molecule has 3 heteroatoms. The standard InChI is InChI=1S/C23H25NO2/c1-15(2)17-6-5-7-19(12-17)23(3,4)14-20(25)11-16-8-9-21-18(10-16)13-22(26)24-21/h5-10,12H,1,11,13-14H2,2-4H3,(H,24,26). The van der Waals surface area contributed by atoms with Crippen molar-refractivity contribution in [2.24, 2.45) is 0 Å². The molecule has 0 spiro atoms. The molecule has 0 saturated carbocycles. The van der Waals surface area contributed by atoms with Crippen LogP contribution in [0.15, 0.2) is 49.0 Å². The minimum atomic E-state index is -0.239. The number of allylic oxidation sites excluding steroid dienone is 1. The second-order valence-electron chi connectivity index (χ2n) is 7.85. The summed E-state index contributed by atoms with van der Waals surface area (Å²) in [6.45, 7) is 10.2. The van der Waals surface area contributed by atoms with Gasteiger partial charge in [-0.15, -0.1) is 0 Å². The van der Waals surface area contributed by atoms with Crippen LogP contribution < -0.4 is 5.32 Å². The Morgan fingerprint density at radius 1 is 1.19 bits per heavy atom. The number of benzene rings is 2. The van der Waals surface area contributed by atoms with Crippen molar-refractivity contribution in [3.8, 4) is 0 Å². The summed E-state index contributed by atoms with van der Waals surface area (Å²) in [6, 6.07) is 14.1. The molecule has 2 aromatic rings. The van der Waals surface area contributed by atoms with E-state index in [1.807, 2.05) is 37.3 Å². The summed E-state index contributed by atoms with van der Waals surface area (Å²) in [6.07, 6.45) is 1.27. The predicted octanol–water partition coefficient (Wildman–Crippen LogP) is 4.69. The highest BCUT2D eigenvalue weighted by atomic mass is 16.1. The monoisotopic (exact) mass is 347 g/mol. The van der Waals surface area contributed by atoms with Crippen LogP contribution >= 0.6 is 0 Å². The summed E-state index contributed by atoms with van der Waals surface area (Å²) in [5.74, 6) is 0.218. The van der Waals surface area contributed by atoms with Crippen LogP contribution in [0.25, 0.3) is 5.57 Å². The van der Waals surface area contributed by atoms with Crippen molar-refractivity contribution in [3.63, 3.8) is 0 Å². The molecule has 0 atom stereocenters. The Hall–Kier alpha value is -2.68. The fraction of sp³-hybridized carbons (Fsp3) is 0.304. The predicted molar refractivity (Wildman–Crippen MR) is 106 cm³/mol. The van der Waals surface area contributed by atoms with Crippen LogP contribution in [0.3, 0.4) is 0 Å². The van der Waals surface area contributed by atoms with Gasteiger partial charge in [0.2, 0.25) is 5.91 Å². The Labute approximate surface area is 155 Å². The average molecular weight is 347 g/mol. The van der Waals surface area contributed by atoms with Gasteiger partial charge in [-0.3, -0.25) is 9.59 Å². The molecule has 3 nitrogen and oxygen atoms in total. The van der Waals surface area contributed by atoms with Gasteiger partial charge in [-0.2, -0.15) is 0 Å². The van der Waals surface area contributed by atoms with Gasteiger partial charge in [0.1, 0.15) is 5.78 Å². The van der Waals surface area contributed by atoms with Crippen molar-refractivity contribution in [1.29, 1.82) is 0 Å². The normalized spacial score (nSPS) is 13.3. The number of carbonyl (C=O) groups excluding carboxylic acids is 2. The van der Waals surface area contributed by atoms with Gasteiger partial charge < -0.3 is 5.32 Å². The molecular formula is C23H25NO2. The molecule has 0 saturated heterocycles. The number of carbonyl (C=O) groups is 2. The van der Waals surface area contributed by atoms with E-state index in [0.29, 0.717) is 19.3 Å². The summed E-state index contributed by atoms with van der Waals surface area (Å²) in [7, 11) is 0. The Kier molecular flexibility index (Phi) is 4.82. The highest BCUT2D eigenvalue weighted by Gasteiger charge is 2.25. The van der Waals surface area contributed by atoms with E-state index in [2.05, 4.69) is 37.9 Å². The third-order valence-electron chi connectivity index (χ3n) is 4.97. The summed E-state index contributed by atoms with van der Waals surface area (Å²) >= 11 is 0. The van der Waals surface area contributed by atoms with Crippen LogP contribution in [-0.4, -0.2) is 11.7 Å². The van der Waals surface area contributed by atoms with Crippen LogP contribution in [0.4, 0.5) is 5.69 Å². The molecule has 3 rings (SSSR count). The molecule has 1 aliphatic heterocycles. The molecule has 0 fully saturated rings. The van der Waals surface area contributed by atoms with Crippen LogP contribution in [0, 0.1) is 0 Å². The first kappa shape index (κ1) is 18.1. The first-order valence-electron chi connectivity index (χ1n) is 8.94. The van der Waals surface area contributed by atoms with E-state index >= 15 is 0 Å². The fourth-order valence-corrected chi connectivity index (χ4v) is 3.48. The minimum absolute atomic E-state index is 0.0157. The van der Waals surface area contributed by atoms with Crippen LogP contribution in [0.1, 0.15) is 49.4 Å². The molecule has 1 heterocycles. The first-order chi connectivity index (χ1) is 12.2. The van der Waals surface area contributed by atoms with E-state index in [1.165, 1.54) is 0 Å². The zero-order chi connectivity index (χ0) is 18.9. The number of hydrogen-bond acceptors (Lipinski definition) is 2. The summed E-state index contributed by atoms with van der Waals surface area (Å²) in [4.78, 5) is 24.2. The number of fused-ring (bicyclic) bond motifs is 1. The van der Waals surface area contributed by atoms with E-state index in [9.17, 15) is 9.59 Å². The van der Waals surface area contributed by atoms with Gasteiger partial charge in [-0.05, 0) is 40.7 Å². The smallest absolute Gasteiger partial charge is 0.228 e. The van der Waals surface area contributed by atoms with Gasteiger partial charge in [0, 0.05) is 18.5 Å². The van der Waals surface area contributed by atoms with Crippen molar-refractivity contribution in [1.82, 2.24) is 0 Å². The third kappa shape index (κ3) is 3.93. The van der Waals surface area contributed by atoms with E-state index in [0.717, 1.165) is 33.5 Å². The zero-order valence-electron chi connectivity index (χ0n) is 15.7. The molecule has 1 N–H and O–H groups in total. The Balaban J connectivity index is 1.71. The van der Waals surface area contributed by atoms with E-state index in [4.69, 9.17) is 0 Å². The average Bonchev–Trinajstić information content (AvgIpc) is 2.93. The molecule has 26 heavy (non-hydrogen) atoms. The lowest BCUT2D eigenvalue weighted by Crippen LogP contribution is -2.23. The SMILES string of the molecule is C=C(C)c1cccc(C(C)(C)CC(=O)Cc2ccc3c(c2)CC(=O)N3)c1. The molecule has 2 aromatic carbocycles. The number of amides is 1. The zero-order valence-corrected chi connectivity index (χ0v) is 15.7. The third-order valence-corrected chi connectivity index (χ3v) is 4.97. The Bertz CT molecular complexity index is 893. The molecular weight excluding hydrogens is 322 g/mol. The first-order valence-corrected chi connectivity index (χ1v) is 8.94. The number of nitrogens with one attached hydrogen (secondary N) is 1. The summed E-state index contributed by atoms with van der Waals surface area (Å²) in [5.41, 5.74) is 5.86. The van der Waals surface area contributed by atoms with Crippen molar-refractivity contribution >= 4 is 23.0 Å². The highest BCUT2D eigenvalue weighted by molar-refractivity contribution is 5.99. The second-order valence-corrected chi connectivity index (χ2v) is 7.85. The number of ketones is 1. The van der Waals surface area contributed by atoms with Gasteiger partial charge in [-0.25, -0.2) is 0 Å². The molecule has 134 valence electrons. The molecule has 1 aliphatic rings. The van der Waals surface area contributed by atoms with Gasteiger partial charge in [0.15, 0.2) is 0 Å². The van der Waals surface area contributed by atoms with Crippen molar-refractivity contribution in [3.05, 3.63) is 71.3 Å².